The highest BCUT2D eigenvalue weighted by Crippen LogP contribution is 2.37. The molecule has 0 aromatic carbocycles. The molecular formula is C15H24N2O3. The molecule has 5 nitrogen and oxygen atoms in total. The van der Waals surface area contributed by atoms with Crippen molar-refractivity contribution < 1.29 is 14.4 Å². The molecule has 2 N–H and O–H groups in total. The average Bonchev–Trinajstić information content (AvgIpc) is 2.94. The second-order valence-electron chi connectivity index (χ2n) is 6.23. The van der Waals surface area contributed by atoms with Crippen LogP contribution in [-0.2, 0) is 4.79 Å². The van der Waals surface area contributed by atoms with E-state index in [9.17, 15) is 9.90 Å². The summed E-state index contributed by atoms with van der Waals surface area (Å²) in [6.07, 6.45) is 2.92. The van der Waals surface area contributed by atoms with Crippen molar-refractivity contribution in [3.8, 4) is 0 Å². The molecule has 1 aromatic heterocycles. The fourth-order valence-electron chi connectivity index (χ4n) is 3.20. The van der Waals surface area contributed by atoms with E-state index in [2.05, 4.69) is 10.5 Å². The third-order valence-corrected chi connectivity index (χ3v) is 4.67. The number of carbonyl (C=O) groups excluding carboxylic acids is 1. The first-order valence-corrected chi connectivity index (χ1v) is 7.23. The average molecular weight is 280 g/mol. The van der Waals surface area contributed by atoms with Crippen molar-refractivity contribution in [1.82, 2.24) is 10.5 Å². The number of aliphatic hydroxyl groups is 1. The number of aliphatic hydroxyl groups excluding tert-OH is 1. The minimum Gasteiger partial charge on any atom is -0.396 e. The third-order valence-electron chi connectivity index (χ3n) is 4.67. The summed E-state index contributed by atoms with van der Waals surface area (Å²) < 4.78 is 5.13. The SMILES string of the molecule is Cc1noc(C)c1C(C)C(=O)NC1CCCC1(C)CO. The summed E-state index contributed by atoms with van der Waals surface area (Å²) in [5, 5.41) is 16.5. The minimum absolute atomic E-state index is 0.0222. The maximum atomic E-state index is 12.4. The van der Waals surface area contributed by atoms with E-state index in [-0.39, 0.29) is 29.9 Å². The number of hydrogen-bond donors (Lipinski definition) is 2. The Bertz CT molecular complexity index is 478. The fourth-order valence-corrected chi connectivity index (χ4v) is 3.20. The van der Waals surface area contributed by atoms with E-state index in [4.69, 9.17) is 4.52 Å². The van der Waals surface area contributed by atoms with Crippen LogP contribution in [0.5, 0.6) is 0 Å². The lowest BCUT2D eigenvalue weighted by molar-refractivity contribution is -0.123. The van der Waals surface area contributed by atoms with Crippen LogP contribution in [0.2, 0.25) is 0 Å². The van der Waals surface area contributed by atoms with Gasteiger partial charge < -0.3 is 14.9 Å². The molecule has 112 valence electrons. The van der Waals surface area contributed by atoms with Gasteiger partial charge in [-0.1, -0.05) is 18.5 Å². The van der Waals surface area contributed by atoms with E-state index in [1.54, 1.807) is 0 Å². The Morgan fingerprint density at radius 1 is 1.60 bits per heavy atom. The molecule has 0 spiro atoms. The molecule has 1 saturated carbocycles. The van der Waals surface area contributed by atoms with Gasteiger partial charge in [0, 0.05) is 17.0 Å². The molecule has 1 heterocycles. The molecule has 2 rings (SSSR count). The zero-order valence-electron chi connectivity index (χ0n) is 12.7. The predicted molar refractivity (Wildman–Crippen MR) is 75.4 cm³/mol. The molecule has 3 atom stereocenters. The molecule has 5 heteroatoms. The lowest BCUT2D eigenvalue weighted by Gasteiger charge is -2.31. The number of aryl methyl sites for hydroxylation is 2. The highest BCUT2D eigenvalue weighted by molar-refractivity contribution is 5.84. The Morgan fingerprint density at radius 3 is 2.85 bits per heavy atom. The number of amides is 1. The Morgan fingerprint density at radius 2 is 2.30 bits per heavy atom. The monoisotopic (exact) mass is 280 g/mol. The van der Waals surface area contributed by atoms with E-state index in [0.717, 1.165) is 30.5 Å². The van der Waals surface area contributed by atoms with Gasteiger partial charge in [-0.3, -0.25) is 4.79 Å². The van der Waals surface area contributed by atoms with Crippen molar-refractivity contribution in [3.63, 3.8) is 0 Å². The molecule has 1 amide bonds. The first-order valence-electron chi connectivity index (χ1n) is 7.23. The first kappa shape index (κ1) is 15.0. The van der Waals surface area contributed by atoms with E-state index >= 15 is 0 Å². The molecule has 1 aliphatic rings. The lowest BCUT2D eigenvalue weighted by atomic mass is 9.85. The summed E-state index contributed by atoms with van der Waals surface area (Å²) in [4.78, 5) is 12.4. The number of nitrogens with one attached hydrogen (secondary N) is 1. The summed E-state index contributed by atoms with van der Waals surface area (Å²) >= 11 is 0. The van der Waals surface area contributed by atoms with Crippen molar-refractivity contribution in [1.29, 1.82) is 0 Å². The standard InChI is InChI=1S/C15H24N2O3/c1-9(13-10(2)17-20-11(13)3)14(19)16-12-6-5-7-15(12,4)8-18/h9,12,18H,5-8H2,1-4H3,(H,16,19). The number of aromatic nitrogens is 1. The van der Waals surface area contributed by atoms with Crippen LogP contribution < -0.4 is 5.32 Å². The molecule has 1 fully saturated rings. The first-order chi connectivity index (χ1) is 9.39. The molecule has 1 aromatic rings. The van der Waals surface area contributed by atoms with Gasteiger partial charge in [0.15, 0.2) is 0 Å². The van der Waals surface area contributed by atoms with Crippen LogP contribution in [0, 0.1) is 19.3 Å². The smallest absolute Gasteiger partial charge is 0.227 e. The summed E-state index contributed by atoms with van der Waals surface area (Å²) in [5.41, 5.74) is 1.43. The molecule has 0 saturated heterocycles. The van der Waals surface area contributed by atoms with Gasteiger partial charge in [-0.25, -0.2) is 0 Å². The maximum Gasteiger partial charge on any atom is 0.227 e. The molecule has 20 heavy (non-hydrogen) atoms. The van der Waals surface area contributed by atoms with Crippen LogP contribution in [0.15, 0.2) is 4.52 Å². The van der Waals surface area contributed by atoms with Crippen LogP contribution in [0.3, 0.4) is 0 Å². The number of hydrogen-bond acceptors (Lipinski definition) is 4. The van der Waals surface area contributed by atoms with Crippen molar-refractivity contribution in [2.75, 3.05) is 6.61 Å². The van der Waals surface area contributed by atoms with E-state index in [1.807, 2.05) is 27.7 Å². The van der Waals surface area contributed by atoms with Crippen LogP contribution in [0.4, 0.5) is 0 Å². The van der Waals surface area contributed by atoms with Crippen LogP contribution >= 0.6 is 0 Å². The quantitative estimate of drug-likeness (QED) is 0.885. The molecular weight excluding hydrogens is 256 g/mol. The van der Waals surface area contributed by atoms with E-state index < -0.39 is 0 Å². The van der Waals surface area contributed by atoms with E-state index in [1.165, 1.54) is 0 Å². The minimum atomic E-state index is -0.287. The highest BCUT2D eigenvalue weighted by atomic mass is 16.5. The summed E-state index contributed by atoms with van der Waals surface area (Å²) in [7, 11) is 0. The van der Waals surface area contributed by atoms with Gasteiger partial charge in [-0.2, -0.15) is 0 Å². The maximum absolute atomic E-state index is 12.4. The largest absolute Gasteiger partial charge is 0.396 e. The van der Waals surface area contributed by atoms with Gasteiger partial charge in [0.2, 0.25) is 5.91 Å². The zero-order valence-corrected chi connectivity index (χ0v) is 12.7. The van der Waals surface area contributed by atoms with E-state index in [0.29, 0.717) is 5.76 Å². The van der Waals surface area contributed by atoms with Gasteiger partial charge in [0.25, 0.3) is 0 Å². The number of rotatable bonds is 4. The van der Waals surface area contributed by atoms with Crippen LogP contribution in [0.25, 0.3) is 0 Å². The zero-order chi connectivity index (χ0) is 14.9. The van der Waals surface area contributed by atoms with Crippen molar-refractivity contribution >= 4 is 5.91 Å². The second-order valence-corrected chi connectivity index (χ2v) is 6.23. The van der Waals surface area contributed by atoms with Crippen molar-refractivity contribution in [3.05, 3.63) is 17.0 Å². The molecule has 3 unspecified atom stereocenters. The Labute approximate surface area is 119 Å². The summed E-state index contributed by atoms with van der Waals surface area (Å²) in [6, 6.07) is 0.0444. The Hall–Kier alpha value is -1.36. The normalized spacial score (nSPS) is 27.6. The van der Waals surface area contributed by atoms with Gasteiger partial charge in [0.05, 0.1) is 18.2 Å². The third kappa shape index (κ3) is 2.59. The predicted octanol–water partition coefficient (Wildman–Crippen LogP) is 2.06. The fraction of sp³-hybridized carbons (Fsp3) is 0.733. The lowest BCUT2D eigenvalue weighted by Crippen LogP contribution is -2.46. The highest BCUT2D eigenvalue weighted by Gasteiger charge is 2.40. The molecule has 0 radical (unpaired) electrons. The summed E-state index contributed by atoms with van der Waals surface area (Å²) in [6.45, 7) is 7.69. The summed E-state index contributed by atoms with van der Waals surface area (Å²) in [5.74, 6) is 0.386. The molecule has 0 aliphatic heterocycles. The topological polar surface area (TPSA) is 75.4 Å². The van der Waals surface area contributed by atoms with Gasteiger partial charge in [-0.05, 0) is 33.6 Å². The Kier molecular flexibility index (Phi) is 4.18. The number of carbonyl (C=O) groups is 1. The molecule has 1 aliphatic carbocycles. The number of nitrogens with zero attached hydrogens (tertiary/aromatic N) is 1. The second kappa shape index (κ2) is 5.56. The molecule has 0 bridgehead atoms. The van der Waals surface area contributed by atoms with Crippen molar-refractivity contribution in [2.45, 2.75) is 58.9 Å². The van der Waals surface area contributed by atoms with Gasteiger partial charge in [-0.15, -0.1) is 0 Å². The Balaban J connectivity index is 2.09. The van der Waals surface area contributed by atoms with Gasteiger partial charge in [0.1, 0.15) is 5.76 Å². The van der Waals surface area contributed by atoms with Crippen molar-refractivity contribution in [2.24, 2.45) is 5.41 Å². The van der Waals surface area contributed by atoms with Crippen LogP contribution in [-0.4, -0.2) is 28.8 Å². The van der Waals surface area contributed by atoms with Crippen LogP contribution in [0.1, 0.15) is 56.0 Å². The van der Waals surface area contributed by atoms with Gasteiger partial charge >= 0.3 is 0 Å².